The summed E-state index contributed by atoms with van der Waals surface area (Å²) >= 11 is 0. The van der Waals surface area contributed by atoms with Gasteiger partial charge in [-0.05, 0) is 17.7 Å². The first-order valence-electron chi connectivity index (χ1n) is 6.00. The smallest absolute Gasteiger partial charge is 0.373 e. The maximum Gasteiger partial charge on any atom is 0.416 e. The molecule has 1 heterocycles. The Morgan fingerprint density at radius 2 is 1.71 bits per heavy atom. The minimum absolute atomic E-state index is 0.0399. The molecule has 0 spiro atoms. The quantitative estimate of drug-likeness (QED) is 0.728. The van der Waals surface area contributed by atoms with Crippen LogP contribution in [-0.2, 0) is 21.9 Å². The predicted molar refractivity (Wildman–Crippen MR) is 59.4 cm³/mol. The fraction of sp³-hybridized carbons (Fsp3) is 0.462. The van der Waals surface area contributed by atoms with Gasteiger partial charge in [-0.1, -0.05) is 6.07 Å². The molecule has 1 atom stereocenters. The van der Waals surface area contributed by atoms with E-state index in [1.165, 1.54) is 0 Å². The van der Waals surface area contributed by atoms with E-state index in [1.807, 2.05) is 0 Å². The van der Waals surface area contributed by atoms with Crippen LogP contribution >= 0.6 is 0 Å². The summed E-state index contributed by atoms with van der Waals surface area (Å²) in [5.41, 5.74) is -3.25. The molecule has 0 radical (unpaired) electrons. The summed E-state index contributed by atoms with van der Waals surface area (Å²) in [4.78, 5) is 11.3. The van der Waals surface area contributed by atoms with Crippen molar-refractivity contribution in [2.45, 2.75) is 31.3 Å². The molecule has 1 aromatic carbocycles. The molecule has 2 nitrogen and oxygen atoms in total. The number of benzene rings is 1. The fourth-order valence-corrected chi connectivity index (χ4v) is 2.14. The number of carbonyl (C=O) groups is 1. The molecule has 0 bridgehead atoms. The van der Waals surface area contributed by atoms with E-state index in [9.17, 15) is 31.1 Å². The number of Topliss-reactive ketones (excluding diaryl/α,β-unsaturated/α-hetero) is 1. The van der Waals surface area contributed by atoms with Crippen molar-refractivity contribution in [3.05, 3.63) is 34.9 Å². The van der Waals surface area contributed by atoms with Crippen LogP contribution in [-0.4, -0.2) is 12.4 Å². The molecular formula is C13H10F6O2. The van der Waals surface area contributed by atoms with Crippen LogP contribution in [0.25, 0.3) is 0 Å². The average Bonchev–Trinajstić information content (AvgIpc) is 2.36. The fourth-order valence-electron chi connectivity index (χ4n) is 2.14. The Morgan fingerprint density at radius 3 is 2.24 bits per heavy atom. The highest BCUT2D eigenvalue weighted by molar-refractivity contribution is 5.79. The molecule has 2 rings (SSSR count). The zero-order valence-electron chi connectivity index (χ0n) is 10.5. The molecule has 1 saturated heterocycles. The molecule has 116 valence electrons. The Bertz CT molecular complexity index is 547. The van der Waals surface area contributed by atoms with E-state index < -0.39 is 35.1 Å². The van der Waals surface area contributed by atoms with Gasteiger partial charge in [0.15, 0.2) is 0 Å². The van der Waals surface area contributed by atoms with E-state index >= 15 is 0 Å². The Morgan fingerprint density at radius 1 is 1.05 bits per heavy atom. The second-order valence-electron chi connectivity index (χ2n) is 4.65. The van der Waals surface area contributed by atoms with Gasteiger partial charge in [0.25, 0.3) is 0 Å². The van der Waals surface area contributed by atoms with Gasteiger partial charge in [0.05, 0.1) is 23.8 Å². The second kappa shape index (κ2) is 5.32. The number of alkyl halides is 6. The van der Waals surface area contributed by atoms with Gasteiger partial charge in [0.2, 0.25) is 0 Å². The van der Waals surface area contributed by atoms with Gasteiger partial charge in [0.1, 0.15) is 5.78 Å². The molecule has 1 fully saturated rings. The molecule has 21 heavy (non-hydrogen) atoms. The maximum absolute atomic E-state index is 13.0. The lowest BCUT2D eigenvalue weighted by atomic mass is 9.94. The van der Waals surface area contributed by atoms with Gasteiger partial charge in [0, 0.05) is 12.8 Å². The zero-order valence-corrected chi connectivity index (χ0v) is 10.5. The highest BCUT2D eigenvalue weighted by Gasteiger charge is 2.40. The average molecular weight is 312 g/mol. The van der Waals surface area contributed by atoms with Crippen molar-refractivity contribution >= 4 is 5.78 Å². The van der Waals surface area contributed by atoms with Gasteiger partial charge in [-0.2, -0.15) is 26.3 Å². The van der Waals surface area contributed by atoms with Crippen LogP contribution in [0.1, 0.15) is 35.6 Å². The van der Waals surface area contributed by atoms with Crippen molar-refractivity contribution in [3.63, 3.8) is 0 Å². The number of ketones is 1. The lowest BCUT2D eigenvalue weighted by Crippen LogP contribution is -2.23. The van der Waals surface area contributed by atoms with Crippen LogP contribution in [0.2, 0.25) is 0 Å². The topological polar surface area (TPSA) is 26.3 Å². The van der Waals surface area contributed by atoms with Gasteiger partial charge in [-0.25, -0.2) is 0 Å². The van der Waals surface area contributed by atoms with Crippen molar-refractivity contribution in [2.75, 3.05) is 6.61 Å². The third kappa shape index (κ3) is 3.55. The van der Waals surface area contributed by atoms with E-state index in [2.05, 4.69) is 0 Å². The van der Waals surface area contributed by atoms with E-state index in [0.717, 1.165) is 6.07 Å². The highest BCUT2D eigenvalue weighted by atomic mass is 19.4. The number of carbonyl (C=O) groups excluding carboxylic acids is 1. The van der Waals surface area contributed by atoms with Crippen molar-refractivity contribution in [1.82, 2.24) is 0 Å². The summed E-state index contributed by atoms with van der Waals surface area (Å²) in [5.74, 6) is -0.278. The normalized spacial score (nSPS) is 20.7. The predicted octanol–water partition coefficient (Wildman–Crippen LogP) is 4.14. The van der Waals surface area contributed by atoms with Crippen LogP contribution in [0.5, 0.6) is 0 Å². The van der Waals surface area contributed by atoms with Gasteiger partial charge < -0.3 is 4.74 Å². The van der Waals surface area contributed by atoms with E-state index in [0.29, 0.717) is 6.07 Å². The molecule has 0 saturated carbocycles. The summed E-state index contributed by atoms with van der Waals surface area (Å²) in [6.45, 7) is -0.0399. The molecule has 8 heteroatoms. The Hall–Kier alpha value is -1.57. The van der Waals surface area contributed by atoms with Gasteiger partial charge in [-0.15, -0.1) is 0 Å². The molecule has 0 aliphatic carbocycles. The summed E-state index contributed by atoms with van der Waals surface area (Å²) in [6, 6.07) is 1.35. The first-order valence-corrected chi connectivity index (χ1v) is 6.00. The maximum atomic E-state index is 13.0. The van der Waals surface area contributed by atoms with Crippen LogP contribution in [0.3, 0.4) is 0 Å². The standard InChI is InChI=1S/C13H10F6O2/c14-12(15,16)7-1-2-9(10(5-7)13(17,18)19)11-6-8(20)3-4-21-11/h1-2,5,11H,3-4,6H2. The third-order valence-corrected chi connectivity index (χ3v) is 3.15. The number of rotatable bonds is 1. The van der Waals surface area contributed by atoms with Crippen molar-refractivity contribution in [3.8, 4) is 0 Å². The second-order valence-corrected chi connectivity index (χ2v) is 4.65. The molecule has 1 aliphatic rings. The van der Waals surface area contributed by atoms with Crippen molar-refractivity contribution < 1.29 is 35.9 Å². The zero-order chi connectivity index (χ0) is 15.8. The SMILES string of the molecule is O=C1CCOC(c2ccc(C(F)(F)F)cc2C(F)(F)F)C1. The number of hydrogen-bond donors (Lipinski definition) is 0. The largest absolute Gasteiger partial charge is 0.416 e. The first kappa shape index (κ1) is 15.8. The molecule has 1 aliphatic heterocycles. The monoisotopic (exact) mass is 312 g/mol. The molecule has 0 aromatic heterocycles. The summed E-state index contributed by atoms with van der Waals surface area (Å²) in [5, 5.41) is 0. The van der Waals surface area contributed by atoms with Crippen LogP contribution in [0.15, 0.2) is 18.2 Å². The van der Waals surface area contributed by atoms with Crippen LogP contribution in [0.4, 0.5) is 26.3 Å². The first-order chi connectivity index (χ1) is 9.59. The number of ether oxygens (including phenoxy) is 1. The summed E-state index contributed by atoms with van der Waals surface area (Å²) < 4.78 is 81.6. The van der Waals surface area contributed by atoms with E-state index in [-0.39, 0.29) is 31.3 Å². The van der Waals surface area contributed by atoms with E-state index in [1.54, 1.807) is 0 Å². The third-order valence-electron chi connectivity index (χ3n) is 3.15. The molecule has 1 unspecified atom stereocenters. The number of hydrogen-bond acceptors (Lipinski definition) is 2. The Kier molecular flexibility index (Phi) is 4.01. The van der Waals surface area contributed by atoms with Crippen LogP contribution < -0.4 is 0 Å². The minimum Gasteiger partial charge on any atom is -0.373 e. The lowest BCUT2D eigenvalue weighted by molar-refractivity contribution is -0.146. The molecular weight excluding hydrogens is 302 g/mol. The van der Waals surface area contributed by atoms with Crippen molar-refractivity contribution in [1.29, 1.82) is 0 Å². The summed E-state index contributed by atoms with van der Waals surface area (Å²) in [7, 11) is 0. The van der Waals surface area contributed by atoms with Gasteiger partial charge >= 0.3 is 12.4 Å². The molecule has 1 aromatic rings. The van der Waals surface area contributed by atoms with E-state index in [4.69, 9.17) is 4.74 Å². The Labute approximate surface area is 115 Å². The van der Waals surface area contributed by atoms with Gasteiger partial charge in [-0.3, -0.25) is 4.79 Å². The summed E-state index contributed by atoms with van der Waals surface area (Å²) in [6.07, 6.45) is -11.2. The molecule has 0 amide bonds. The Balaban J connectivity index is 2.48. The molecule has 0 N–H and O–H groups in total. The lowest BCUT2D eigenvalue weighted by Gasteiger charge is -2.25. The van der Waals surface area contributed by atoms with Crippen LogP contribution in [0, 0.1) is 0 Å². The number of halogens is 6. The highest BCUT2D eigenvalue weighted by Crippen LogP contribution is 2.41. The van der Waals surface area contributed by atoms with Crippen molar-refractivity contribution in [2.24, 2.45) is 0 Å². The minimum atomic E-state index is -4.96.